The molecule has 59 heavy (non-hydrogen) atoms. The number of amides is 1. The molecule has 0 bridgehead atoms. The third kappa shape index (κ3) is 9.94. The molecule has 1 heterocycles. The van der Waals surface area contributed by atoms with Gasteiger partial charge in [0.1, 0.15) is 19.3 Å². The number of hydrogen-bond donors (Lipinski definition) is 1. The van der Waals surface area contributed by atoms with E-state index in [0.29, 0.717) is 0 Å². The summed E-state index contributed by atoms with van der Waals surface area (Å²) in [5.41, 5.74) is 3.33. The summed E-state index contributed by atoms with van der Waals surface area (Å²) in [5.74, 6) is -20.7. The quantitative estimate of drug-likeness (QED) is 0.0624. The van der Waals surface area contributed by atoms with Crippen molar-refractivity contribution in [2.45, 2.75) is 83.4 Å². The van der Waals surface area contributed by atoms with E-state index in [2.05, 4.69) is 10.1 Å². The molecule has 0 saturated carbocycles. The van der Waals surface area contributed by atoms with Crippen LogP contribution in [0.4, 0.5) is 26.7 Å². The normalized spacial score (nSPS) is 20.5. The lowest BCUT2D eigenvalue weighted by atomic mass is 9.98. The minimum absolute atomic E-state index is 0.325. The van der Waals surface area contributed by atoms with Crippen LogP contribution < -0.4 is 10.1 Å². The fourth-order valence-electron chi connectivity index (χ4n) is 6.56. The number of esters is 5. The second-order valence-electron chi connectivity index (χ2n) is 13.2. The number of rotatable bonds is 13. The maximum atomic E-state index is 14.7. The van der Waals surface area contributed by atoms with Crippen LogP contribution in [0.2, 0.25) is 0 Å². The minimum Gasteiger partial charge on any atom is -0.463 e. The molecule has 1 fully saturated rings. The first-order valence-corrected chi connectivity index (χ1v) is 17.7. The summed E-state index contributed by atoms with van der Waals surface area (Å²) < 4.78 is 114. The predicted molar refractivity (Wildman–Crippen MR) is 186 cm³/mol. The van der Waals surface area contributed by atoms with Crippen LogP contribution in [0.5, 0.6) is 5.75 Å². The zero-order chi connectivity index (χ0) is 43.3. The molecule has 0 spiro atoms. The molecule has 3 aromatic carbocycles. The van der Waals surface area contributed by atoms with Crippen molar-refractivity contribution in [1.29, 1.82) is 0 Å². The third-order valence-electron chi connectivity index (χ3n) is 9.01. The summed E-state index contributed by atoms with van der Waals surface area (Å²) in [6.45, 7) is 3.93. The molecule has 1 amide bonds. The Balaban J connectivity index is 1.48. The Morgan fingerprint density at radius 3 is 1.66 bits per heavy atom. The summed E-state index contributed by atoms with van der Waals surface area (Å²) in [5, 5.41) is 2.11. The standard InChI is InChI=1S/C39H36F5NO14/c1-16(54-38-36(57-20(5)49)35(56-19(4)48)33(55-18(3)47)26(58-38)15-52-17(2)46)32(37(50)59-34-30(43)28(41)27(40)29(42)31(34)44)45-39(51)53-14-25-23-12-8-6-10-21(23)22-11-7-9-13-24(22)25/h6-13,16,25-26,32-33,35-36,38H,14-15H2,1-5H3,(H,45,51)/t16-,26-,32+,33-,35+,36+,38+/m1/s1. The number of fused-ring (bicyclic) bond motifs is 3. The SMILES string of the molecule is CC(=O)OC[C@H]1O[C@H](O[C@H](C)[C@H](NC(=O)OCC2c3ccccc3-c3ccccc32)C(=O)Oc2c(F)c(F)c(F)c(F)c2F)[C@@H](OC(C)=O)[C@@H](OC(C)=O)[C@@H]1OC(C)=O. The first-order valence-electron chi connectivity index (χ1n) is 17.7. The smallest absolute Gasteiger partial charge is 0.407 e. The highest BCUT2D eigenvalue weighted by Gasteiger charge is 2.54. The van der Waals surface area contributed by atoms with E-state index < -0.39 is 126 Å². The van der Waals surface area contributed by atoms with E-state index in [9.17, 15) is 50.7 Å². The van der Waals surface area contributed by atoms with Gasteiger partial charge in [-0.2, -0.15) is 8.78 Å². The highest BCUT2D eigenvalue weighted by Crippen LogP contribution is 2.44. The van der Waals surface area contributed by atoms with Gasteiger partial charge in [-0.05, 0) is 29.2 Å². The molecule has 20 heteroatoms. The third-order valence-corrected chi connectivity index (χ3v) is 9.01. The van der Waals surface area contributed by atoms with E-state index in [0.717, 1.165) is 56.9 Å². The van der Waals surface area contributed by atoms with E-state index in [4.69, 9.17) is 33.2 Å². The van der Waals surface area contributed by atoms with Crippen molar-refractivity contribution in [3.8, 4) is 16.9 Å². The second-order valence-corrected chi connectivity index (χ2v) is 13.2. The Hall–Kier alpha value is -6.15. The van der Waals surface area contributed by atoms with Crippen LogP contribution in [0, 0.1) is 29.1 Å². The topological polar surface area (TPSA) is 188 Å². The summed E-state index contributed by atoms with van der Waals surface area (Å²) in [6.07, 6.45) is -11.9. The molecular weight excluding hydrogens is 801 g/mol. The predicted octanol–water partition coefficient (Wildman–Crippen LogP) is 4.68. The Morgan fingerprint density at radius 2 is 1.14 bits per heavy atom. The summed E-state index contributed by atoms with van der Waals surface area (Å²) in [7, 11) is 0. The van der Waals surface area contributed by atoms with Crippen molar-refractivity contribution in [2.75, 3.05) is 13.2 Å². The summed E-state index contributed by atoms with van der Waals surface area (Å²) in [6, 6.07) is 12.3. The molecule has 1 aliphatic heterocycles. The molecule has 7 atom stereocenters. The maximum absolute atomic E-state index is 14.7. The average Bonchev–Trinajstić information content (AvgIpc) is 3.50. The number of alkyl carbamates (subject to hydrolysis) is 1. The van der Waals surface area contributed by atoms with Gasteiger partial charge in [0.15, 0.2) is 30.6 Å². The zero-order valence-corrected chi connectivity index (χ0v) is 31.8. The van der Waals surface area contributed by atoms with Gasteiger partial charge in [0.25, 0.3) is 0 Å². The van der Waals surface area contributed by atoms with Crippen molar-refractivity contribution in [1.82, 2.24) is 5.32 Å². The molecule has 5 rings (SSSR count). The van der Waals surface area contributed by atoms with Gasteiger partial charge in [-0.15, -0.1) is 0 Å². The Bertz CT molecular complexity index is 2060. The zero-order valence-electron chi connectivity index (χ0n) is 31.8. The van der Waals surface area contributed by atoms with Crippen molar-refractivity contribution in [2.24, 2.45) is 0 Å². The van der Waals surface area contributed by atoms with Crippen LogP contribution in [-0.2, 0) is 57.1 Å². The molecule has 316 valence electrons. The number of hydrogen-bond acceptors (Lipinski definition) is 14. The molecule has 1 saturated heterocycles. The van der Waals surface area contributed by atoms with Crippen LogP contribution in [0.25, 0.3) is 11.1 Å². The van der Waals surface area contributed by atoms with E-state index in [1.807, 2.05) is 36.4 Å². The molecular formula is C39H36F5NO14. The lowest BCUT2D eigenvalue weighted by Gasteiger charge is -2.45. The van der Waals surface area contributed by atoms with Crippen molar-refractivity contribution in [3.05, 3.63) is 88.7 Å². The van der Waals surface area contributed by atoms with Gasteiger partial charge in [0, 0.05) is 33.6 Å². The average molecular weight is 838 g/mol. The van der Waals surface area contributed by atoms with Gasteiger partial charge in [-0.3, -0.25) is 19.2 Å². The van der Waals surface area contributed by atoms with Crippen LogP contribution >= 0.6 is 0 Å². The lowest BCUT2D eigenvalue weighted by molar-refractivity contribution is -0.316. The molecule has 2 aliphatic rings. The molecule has 1 aliphatic carbocycles. The molecule has 3 aromatic rings. The van der Waals surface area contributed by atoms with Gasteiger partial charge in [0.2, 0.25) is 34.8 Å². The molecule has 1 N–H and O–H groups in total. The molecule has 15 nitrogen and oxygen atoms in total. The van der Waals surface area contributed by atoms with Crippen LogP contribution in [0.1, 0.15) is 51.7 Å². The fraction of sp³-hybridized carbons (Fsp3) is 0.385. The number of carbonyl (C=O) groups excluding carboxylic acids is 6. The fourth-order valence-corrected chi connectivity index (χ4v) is 6.56. The molecule has 0 radical (unpaired) electrons. The minimum atomic E-state index is -2.55. The van der Waals surface area contributed by atoms with E-state index >= 15 is 0 Å². The lowest BCUT2D eigenvalue weighted by Crippen LogP contribution is -2.64. The van der Waals surface area contributed by atoms with Gasteiger partial charge in [0.05, 0.1) is 6.10 Å². The molecule has 0 aromatic heterocycles. The van der Waals surface area contributed by atoms with Crippen molar-refractivity contribution >= 4 is 35.9 Å². The number of ether oxygens (including phenoxy) is 8. The summed E-state index contributed by atoms with van der Waals surface area (Å²) in [4.78, 5) is 75.5. The van der Waals surface area contributed by atoms with Crippen molar-refractivity contribution in [3.63, 3.8) is 0 Å². The van der Waals surface area contributed by atoms with Gasteiger partial charge < -0.3 is 43.2 Å². The Kier molecular flexibility index (Phi) is 13.9. The highest BCUT2D eigenvalue weighted by atomic mass is 19.2. The number of carbonyl (C=O) groups is 6. The van der Waals surface area contributed by atoms with Gasteiger partial charge in [-0.25, -0.2) is 22.8 Å². The van der Waals surface area contributed by atoms with Crippen LogP contribution in [0.3, 0.4) is 0 Å². The maximum Gasteiger partial charge on any atom is 0.407 e. The first kappa shape index (κ1) is 44.0. The monoisotopic (exact) mass is 837 g/mol. The van der Waals surface area contributed by atoms with Crippen LogP contribution in [-0.4, -0.2) is 92.0 Å². The van der Waals surface area contributed by atoms with Gasteiger partial charge in [-0.1, -0.05) is 48.5 Å². The van der Waals surface area contributed by atoms with Crippen LogP contribution in [0.15, 0.2) is 48.5 Å². The molecule has 0 unspecified atom stereocenters. The second kappa shape index (κ2) is 18.6. The largest absolute Gasteiger partial charge is 0.463 e. The Labute approximate surface area is 331 Å². The van der Waals surface area contributed by atoms with Crippen molar-refractivity contribution < 1.29 is 88.6 Å². The number of nitrogens with one attached hydrogen (secondary N) is 1. The Morgan fingerprint density at radius 1 is 0.644 bits per heavy atom. The summed E-state index contributed by atoms with van der Waals surface area (Å²) >= 11 is 0. The van der Waals surface area contributed by atoms with E-state index in [1.165, 1.54) is 0 Å². The number of benzene rings is 3. The highest BCUT2D eigenvalue weighted by molar-refractivity contribution is 5.84. The first-order chi connectivity index (χ1) is 27.9. The number of halogens is 5. The van der Waals surface area contributed by atoms with E-state index in [-0.39, 0.29) is 6.61 Å². The van der Waals surface area contributed by atoms with E-state index in [1.54, 1.807) is 12.1 Å². The van der Waals surface area contributed by atoms with Gasteiger partial charge >= 0.3 is 35.9 Å².